The summed E-state index contributed by atoms with van der Waals surface area (Å²) in [6.45, 7) is 7.27. The van der Waals surface area contributed by atoms with Crippen LogP contribution in [0.2, 0.25) is 0 Å². The molecule has 8 rings (SSSR count). The molecule has 4 amide bonds. The summed E-state index contributed by atoms with van der Waals surface area (Å²) in [6, 6.07) is -0.0424. The van der Waals surface area contributed by atoms with Crippen LogP contribution in [0.1, 0.15) is 84.0 Å². The Morgan fingerprint density at radius 3 is 1.55 bits per heavy atom. The fourth-order valence-electron chi connectivity index (χ4n) is 10.6. The van der Waals surface area contributed by atoms with E-state index in [1.807, 2.05) is 16.7 Å². The van der Waals surface area contributed by atoms with Crippen molar-refractivity contribution in [2.24, 2.45) is 10.8 Å². The first-order valence-corrected chi connectivity index (χ1v) is 18.0. The van der Waals surface area contributed by atoms with E-state index in [0.29, 0.717) is 19.4 Å². The van der Waals surface area contributed by atoms with Gasteiger partial charge in [0.25, 0.3) is 0 Å². The summed E-state index contributed by atoms with van der Waals surface area (Å²) in [5.41, 5.74) is 5.19. The summed E-state index contributed by atoms with van der Waals surface area (Å²) in [6.07, 6.45) is 9.71. The number of rotatable bonds is 4. The smallest absolute Gasteiger partial charge is 0.410 e. The van der Waals surface area contributed by atoms with Crippen LogP contribution in [0.15, 0.2) is 22.5 Å². The molecule has 0 radical (unpaired) electrons. The van der Waals surface area contributed by atoms with E-state index in [4.69, 9.17) is 9.47 Å². The highest BCUT2D eigenvalue weighted by Gasteiger charge is 2.54. The molecular formula is C35H50N6O6. The van der Waals surface area contributed by atoms with E-state index in [0.717, 1.165) is 103 Å². The van der Waals surface area contributed by atoms with Crippen LogP contribution in [0.5, 0.6) is 0 Å². The topological polar surface area (TPSA) is 124 Å². The van der Waals surface area contributed by atoms with Crippen molar-refractivity contribution in [2.45, 2.75) is 108 Å². The average molecular weight is 651 g/mol. The molecule has 4 unspecified atom stereocenters. The van der Waals surface area contributed by atoms with E-state index in [1.165, 1.54) is 29.7 Å². The van der Waals surface area contributed by atoms with Gasteiger partial charge in [0.2, 0.25) is 11.8 Å². The molecule has 6 fully saturated rings. The predicted molar refractivity (Wildman–Crippen MR) is 172 cm³/mol. The summed E-state index contributed by atoms with van der Waals surface area (Å²) < 4.78 is 11.0. The number of carbonyl (C=O) groups is 4. The zero-order valence-corrected chi connectivity index (χ0v) is 28.0. The van der Waals surface area contributed by atoms with Crippen molar-refractivity contribution in [1.29, 1.82) is 0 Å². The number of piperidine rings is 2. The number of likely N-dealkylation sites (tertiary alicyclic amines) is 2. The van der Waals surface area contributed by atoms with Crippen LogP contribution in [0.25, 0.3) is 0 Å². The molecule has 8 heterocycles. The molecule has 2 N–H and O–H groups in total. The van der Waals surface area contributed by atoms with Crippen molar-refractivity contribution in [2.75, 3.05) is 53.0 Å². The highest BCUT2D eigenvalue weighted by Crippen LogP contribution is 2.52. The van der Waals surface area contributed by atoms with Crippen LogP contribution in [0, 0.1) is 10.8 Å². The Morgan fingerprint density at radius 2 is 1.17 bits per heavy atom. The van der Waals surface area contributed by atoms with Gasteiger partial charge in [0.1, 0.15) is 0 Å². The molecule has 0 aliphatic carbocycles. The Labute approximate surface area is 277 Å². The molecule has 0 aromatic heterocycles. The van der Waals surface area contributed by atoms with Crippen molar-refractivity contribution < 1.29 is 28.7 Å². The first-order chi connectivity index (χ1) is 22.7. The molecule has 8 aliphatic heterocycles. The molecule has 0 saturated carbocycles. The minimum Gasteiger partial charge on any atom is -0.453 e. The third-order valence-corrected chi connectivity index (χ3v) is 13.1. The summed E-state index contributed by atoms with van der Waals surface area (Å²) in [4.78, 5) is 60.5. The third-order valence-electron chi connectivity index (χ3n) is 13.1. The van der Waals surface area contributed by atoms with Gasteiger partial charge in [-0.1, -0.05) is 0 Å². The lowest BCUT2D eigenvalue weighted by Gasteiger charge is -2.49. The van der Waals surface area contributed by atoms with Crippen LogP contribution in [-0.4, -0.2) is 121 Å². The Balaban J connectivity index is 1.22. The SMILES string of the molecule is CCOC(=O)N1C2CCC1C(C1=C(N3CCC4(CC3)CNC(=O)C4)CC3CCC1N3C(=O)OC)=C(N1CCC3(CC1)CNC(=O)C3)C2. The monoisotopic (exact) mass is 650 g/mol. The maximum absolute atomic E-state index is 13.6. The fraction of sp³-hybridized carbons (Fsp3) is 0.771. The van der Waals surface area contributed by atoms with Gasteiger partial charge in [-0.05, 0) is 69.1 Å². The number of hydrogen-bond donors (Lipinski definition) is 2. The number of carbonyl (C=O) groups excluding carboxylic acids is 4. The summed E-state index contributed by atoms with van der Waals surface area (Å²) in [5.74, 6) is 0.326. The number of hydrogen-bond acceptors (Lipinski definition) is 8. The van der Waals surface area contributed by atoms with Gasteiger partial charge in [0.15, 0.2) is 0 Å². The van der Waals surface area contributed by atoms with Crippen molar-refractivity contribution >= 4 is 24.0 Å². The largest absolute Gasteiger partial charge is 0.453 e. The van der Waals surface area contributed by atoms with Crippen molar-refractivity contribution in [1.82, 2.24) is 30.2 Å². The van der Waals surface area contributed by atoms with E-state index in [1.54, 1.807) is 0 Å². The zero-order chi connectivity index (χ0) is 32.5. The Morgan fingerprint density at radius 1 is 0.723 bits per heavy atom. The highest BCUT2D eigenvalue weighted by atomic mass is 16.6. The number of fused-ring (bicyclic) bond motifs is 4. The zero-order valence-electron chi connectivity index (χ0n) is 28.0. The maximum atomic E-state index is 13.6. The second-order valence-electron chi connectivity index (χ2n) is 15.5. The lowest BCUT2D eigenvalue weighted by Crippen LogP contribution is -2.54. The lowest BCUT2D eigenvalue weighted by atomic mass is 9.76. The minimum atomic E-state index is -0.273. The average Bonchev–Trinajstić information content (AvgIpc) is 3.80. The van der Waals surface area contributed by atoms with Gasteiger partial charge in [0, 0.05) is 99.6 Å². The number of nitrogens with zero attached hydrogens (tertiary/aromatic N) is 4. The van der Waals surface area contributed by atoms with Gasteiger partial charge < -0.3 is 29.9 Å². The van der Waals surface area contributed by atoms with Crippen LogP contribution in [0.3, 0.4) is 0 Å². The summed E-state index contributed by atoms with van der Waals surface area (Å²) in [5, 5.41) is 6.16. The van der Waals surface area contributed by atoms with Crippen molar-refractivity contribution in [3.05, 3.63) is 22.5 Å². The minimum absolute atomic E-state index is 0.0365. The Hall–Kier alpha value is -3.44. The van der Waals surface area contributed by atoms with Crippen LogP contribution in [0.4, 0.5) is 9.59 Å². The third kappa shape index (κ3) is 5.07. The molecule has 6 saturated heterocycles. The molecule has 0 aromatic carbocycles. The highest BCUT2D eigenvalue weighted by molar-refractivity contribution is 5.79. The quantitative estimate of drug-likeness (QED) is 0.476. The second-order valence-corrected chi connectivity index (χ2v) is 15.5. The van der Waals surface area contributed by atoms with Gasteiger partial charge in [-0.3, -0.25) is 19.4 Å². The molecule has 2 spiro atoms. The van der Waals surface area contributed by atoms with Crippen LogP contribution < -0.4 is 10.6 Å². The Bertz CT molecular complexity index is 1410. The van der Waals surface area contributed by atoms with E-state index in [2.05, 4.69) is 20.4 Å². The van der Waals surface area contributed by atoms with Crippen molar-refractivity contribution in [3.63, 3.8) is 0 Å². The lowest BCUT2D eigenvalue weighted by molar-refractivity contribution is -0.120. The molecule has 4 bridgehead atoms. The summed E-state index contributed by atoms with van der Waals surface area (Å²) >= 11 is 0. The summed E-state index contributed by atoms with van der Waals surface area (Å²) in [7, 11) is 1.48. The molecule has 47 heavy (non-hydrogen) atoms. The Kier molecular flexibility index (Phi) is 7.63. The van der Waals surface area contributed by atoms with Gasteiger partial charge in [-0.2, -0.15) is 0 Å². The molecule has 8 aliphatic rings. The first-order valence-electron chi connectivity index (χ1n) is 18.0. The van der Waals surface area contributed by atoms with Crippen molar-refractivity contribution in [3.8, 4) is 0 Å². The van der Waals surface area contributed by atoms with Gasteiger partial charge in [-0.15, -0.1) is 0 Å². The number of amides is 4. The van der Waals surface area contributed by atoms with E-state index in [-0.39, 0.29) is 59.0 Å². The van der Waals surface area contributed by atoms with Gasteiger partial charge in [-0.25, -0.2) is 9.59 Å². The van der Waals surface area contributed by atoms with Gasteiger partial charge in [0.05, 0.1) is 25.8 Å². The van der Waals surface area contributed by atoms with E-state index < -0.39 is 0 Å². The first kappa shape index (κ1) is 30.9. The standard InChI is InChI=1S/C35H50N6O6/c1-3-47-33(45)41-23-5-7-25(41)31(27(17-23)39-14-10-35(11-15-39)19-29(43)37-21-35)30-24-6-4-22(40(24)32(44)46-2)16-26(30)38-12-8-34(9-13-38)18-28(42)36-20-34/h22-25H,3-21H2,1-2H3,(H,36,42)(H,37,43). The molecule has 256 valence electrons. The van der Waals surface area contributed by atoms with Crippen LogP contribution >= 0.6 is 0 Å². The van der Waals surface area contributed by atoms with Gasteiger partial charge >= 0.3 is 12.2 Å². The molecule has 12 heteroatoms. The molecule has 12 nitrogen and oxygen atoms in total. The number of ether oxygens (including phenoxy) is 2. The van der Waals surface area contributed by atoms with E-state index in [9.17, 15) is 19.2 Å². The normalized spacial score (nSPS) is 32.5. The maximum Gasteiger partial charge on any atom is 0.410 e. The van der Waals surface area contributed by atoms with E-state index >= 15 is 0 Å². The molecular weight excluding hydrogens is 600 g/mol. The second kappa shape index (κ2) is 11.6. The predicted octanol–water partition coefficient (Wildman–Crippen LogP) is 3.10. The number of nitrogens with one attached hydrogen (secondary N) is 2. The number of methoxy groups -OCH3 is 1. The molecule has 0 aromatic rings. The molecule has 4 atom stereocenters. The fourth-order valence-corrected chi connectivity index (χ4v) is 10.6. The van der Waals surface area contributed by atoms with Crippen LogP contribution in [-0.2, 0) is 19.1 Å².